The summed E-state index contributed by atoms with van der Waals surface area (Å²) in [6.45, 7) is 0. The van der Waals surface area contributed by atoms with E-state index in [2.05, 4.69) is 9.72 Å². The van der Waals surface area contributed by atoms with E-state index in [0.29, 0.717) is 28.2 Å². The number of benzene rings is 1. The van der Waals surface area contributed by atoms with Gasteiger partial charge in [-0.15, -0.1) is 0 Å². The van der Waals surface area contributed by atoms with Crippen LogP contribution in [0.4, 0.5) is 0 Å². The zero-order valence-corrected chi connectivity index (χ0v) is 13.0. The third-order valence-corrected chi connectivity index (χ3v) is 3.44. The fourth-order valence-electron chi connectivity index (χ4n) is 2.20. The van der Waals surface area contributed by atoms with Crippen molar-refractivity contribution in [3.05, 3.63) is 28.2 Å². The monoisotopic (exact) mass is 306 g/mol. The van der Waals surface area contributed by atoms with Gasteiger partial charge in [0.15, 0.2) is 11.5 Å². The van der Waals surface area contributed by atoms with Crippen LogP contribution in [0.25, 0.3) is 11.0 Å². The zero-order valence-electron chi connectivity index (χ0n) is 13.0. The molecule has 1 aromatic carbocycles. The average molecular weight is 306 g/mol. The topological polar surface area (TPSA) is 79.7 Å². The van der Waals surface area contributed by atoms with Crippen molar-refractivity contribution in [2.75, 3.05) is 21.3 Å². The fraction of sp³-hybridized carbons (Fsp3) is 0.400. The first kappa shape index (κ1) is 15.8. The van der Waals surface area contributed by atoms with Crippen LogP contribution < -0.4 is 15.0 Å². The molecule has 0 unspecified atom stereocenters. The highest BCUT2D eigenvalue weighted by molar-refractivity contribution is 5.79. The maximum absolute atomic E-state index is 12.3. The summed E-state index contributed by atoms with van der Waals surface area (Å²) >= 11 is 0. The molecule has 0 saturated carbocycles. The van der Waals surface area contributed by atoms with Crippen molar-refractivity contribution in [3.63, 3.8) is 0 Å². The van der Waals surface area contributed by atoms with E-state index in [1.807, 2.05) is 0 Å². The molecule has 1 heterocycles. The third-order valence-electron chi connectivity index (χ3n) is 3.44. The molecule has 0 spiro atoms. The summed E-state index contributed by atoms with van der Waals surface area (Å²) < 4.78 is 16.5. The first-order valence-corrected chi connectivity index (χ1v) is 6.70. The molecule has 0 atom stereocenters. The largest absolute Gasteiger partial charge is 0.493 e. The van der Waals surface area contributed by atoms with Crippen LogP contribution in [0.1, 0.15) is 12.1 Å². The molecule has 0 amide bonds. The Bertz CT molecular complexity index is 767. The second kappa shape index (κ2) is 6.46. The molecule has 1 aromatic heterocycles. The van der Waals surface area contributed by atoms with Crippen LogP contribution in [-0.4, -0.2) is 36.8 Å². The SMILES string of the molecule is COC(=O)CCc1nc2cc(OC)c(OC)cc2n(C)c1=O. The number of esters is 1. The quantitative estimate of drug-likeness (QED) is 0.768. The van der Waals surface area contributed by atoms with E-state index in [1.54, 1.807) is 19.2 Å². The molecule has 0 saturated heterocycles. The molecule has 0 aliphatic rings. The molecule has 0 radical (unpaired) electrons. The van der Waals surface area contributed by atoms with Crippen molar-refractivity contribution in [3.8, 4) is 11.5 Å². The summed E-state index contributed by atoms with van der Waals surface area (Å²) in [4.78, 5) is 27.9. The molecule has 0 N–H and O–H groups in total. The van der Waals surface area contributed by atoms with E-state index in [1.165, 1.54) is 25.9 Å². The van der Waals surface area contributed by atoms with Gasteiger partial charge in [-0.05, 0) is 0 Å². The van der Waals surface area contributed by atoms with Crippen LogP contribution in [0.2, 0.25) is 0 Å². The van der Waals surface area contributed by atoms with Crippen LogP contribution in [-0.2, 0) is 23.0 Å². The summed E-state index contributed by atoms with van der Waals surface area (Å²) in [5, 5.41) is 0. The highest BCUT2D eigenvalue weighted by atomic mass is 16.5. The number of fused-ring (bicyclic) bond motifs is 1. The van der Waals surface area contributed by atoms with E-state index in [9.17, 15) is 9.59 Å². The van der Waals surface area contributed by atoms with Crippen molar-refractivity contribution in [2.45, 2.75) is 12.8 Å². The van der Waals surface area contributed by atoms with Crippen molar-refractivity contribution >= 4 is 17.0 Å². The lowest BCUT2D eigenvalue weighted by Crippen LogP contribution is -2.24. The molecule has 2 rings (SSSR count). The first-order valence-electron chi connectivity index (χ1n) is 6.70. The number of ether oxygens (including phenoxy) is 3. The number of rotatable bonds is 5. The van der Waals surface area contributed by atoms with Crippen LogP contribution >= 0.6 is 0 Å². The predicted molar refractivity (Wildman–Crippen MR) is 80.4 cm³/mol. The van der Waals surface area contributed by atoms with Crippen molar-refractivity contribution in [1.29, 1.82) is 0 Å². The first-order chi connectivity index (χ1) is 10.5. The molecule has 0 fully saturated rings. The molecule has 7 heteroatoms. The third kappa shape index (κ3) is 2.88. The van der Waals surface area contributed by atoms with Crippen LogP contribution in [0.5, 0.6) is 11.5 Å². The number of nitrogens with zero attached hydrogens (tertiary/aromatic N) is 2. The second-order valence-electron chi connectivity index (χ2n) is 4.69. The molecule has 118 valence electrons. The van der Waals surface area contributed by atoms with E-state index in [0.717, 1.165) is 0 Å². The van der Waals surface area contributed by atoms with Crippen LogP contribution in [0.15, 0.2) is 16.9 Å². The fourth-order valence-corrected chi connectivity index (χ4v) is 2.20. The zero-order chi connectivity index (χ0) is 16.3. The van der Waals surface area contributed by atoms with Gasteiger partial charge in [-0.2, -0.15) is 0 Å². The Morgan fingerprint density at radius 3 is 2.41 bits per heavy atom. The minimum atomic E-state index is -0.378. The molecular formula is C15H18N2O5. The van der Waals surface area contributed by atoms with Gasteiger partial charge in [-0.1, -0.05) is 0 Å². The van der Waals surface area contributed by atoms with E-state index >= 15 is 0 Å². The normalized spacial score (nSPS) is 10.5. The number of aromatic nitrogens is 2. The van der Waals surface area contributed by atoms with Gasteiger partial charge in [0, 0.05) is 25.6 Å². The number of hydrogen-bond acceptors (Lipinski definition) is 6. The summed E-state index contributed by atoms with van der Waals surface area (Å²) in [5.41, 5.74) is 1.29. The van der Waals surface area contributed by atoms with Gasteiger partial charge in [0.05, 0.1) is 38.8 Å². The molecule has 0 aliphatic carbocycles. The lowest BCUT2D eigenvalue weighted by atomic mass is 10.2. The maximum atomic E-state index is 12.3. The Morgan fingerprint density at radius 1 is 1.18 bits per heavy atom. The Kier molecular flexibility index (Phi) is 4.65. The van der Waals surface area contributed by atoms with Crippen LogP contribution in [0.3, 0.4) is 0 Å². The second-order valence-corrected chi connectivity index (χ2v) is 4.69. The van der Waals surface area contributed by atoms with Gasteiger partial charge in [-0.25, -0.2) is 4.98 Å². The number of aryl methyl sites for hydroxylation is 2. The highest BCUT2D eigenvalue weighted by Gasteiger charge is 2.14. The number of carbonyl (C=O) groups is 1. The Balaban J connectivity index is 2.55. The van der Waals surface area contributed by atoms with E-state index in [4.69, 9.17) is 9.47 Å². The Morgan fingerprint density at radius 2 is 1.82 bits per heavy atom. The van der Waals surface area contributed by atoms with E-state index in [-0.39, 0.29) is 24.4 Å². The van der Waals surface area contributed by atoms with Gasteiger partial charge < -0.3 is 18.8 Å². The Hall–Kier alpha value is -2.57. The van der Waals surface area contributed by atoms with Gasteiger partial charge in [0.25, 0.3) is 5.56 Å². The molecule has 22 heavy (non-hydrogen) atoms. The van der Waals surface area contributed by atoms with Crippen LogP contribution in [0, 0.1) is 0 Å². The van der Waals surface area contributed by atoms with Gasteiger partial charge >= 0.3 is 5.97 Å². The lowest BCUT2D eigenvalue weighted by molar-refractivity contribution is -0.140. The lowest BCUT2D eigenvalue weighted by Gasteiger charge is -2.12. The highest BCUT2D eigenvalue weighted by Crippen LogP contribution is 2.30. The molecule has 7 nitrogen and oxygen atoms in total. The predicted octanol–water partition coefficient (Wildman–Crippen LogP) is 1.06. The standard InChI is InChI=1S/C15H18N2O5/c1-17-11-8-13(21-3)12(20-2)7-10(11)16-9(15(17)19)5-6-14(18)22-4/h7-8H,5-6H2,1-4H3. The number of carbonyl (C=O) groups excluding carboxylic acids is 1. The summed E-state index contributed by atoms with van der Waals surface area (Å²) in [7, 11) is 6.02. The van der Waals surface area contributed by atoms with E-state index < -0.39 is 0 Å². The van der Waals surface area contributed by atoms with Crippen molar-refractivity contribution < 1.29 is 19.0 Å². The number of hydrogen-bond donors (Lipinski definition) is 0. The number of methoxy groups -OCH3 is 3. The average Bonchev–Trinajstić information content (AvgIpc) is 2.55. The summed E-state index contributed by atoms with van der Waals surface area (Å²) in [6, 6.07) is 3.40. The van der Waals surface area contributed by atoms with Crippen molar-refractivity contribution in [1.82, 2.24) is 9.55 Å². The molecule has 0 bridgehead atoms. The maximum Gasteiger partial charge on any atom is 0.305 e. The van der Waals surface area contributed by atoms with Crippen molar-refractivity contribution in [2.24, 2.45) is 7.05 Å². The molecule has 0 aliphatic heterocycles. The van der Waals surface area contributed by atoms with Gasteiger partial charge in [0.1, 0.15) is 5.69 Å². The minimum Gasteiger partial charge on any atom is -0.493 e. The summed E-state index contributed by atoms with van der Waals surface area (Å²) in [5.74, 6) is 0.672. The Labute approximate surface area is 127 Å². The smallest absolute Gasteiger partial charge is 0.305 e. The summed E-state index contributed by atoms with van der Waals surface area (Å²) in [6.07, 6.45) is 0.334. The molecule has 2 aromatic rings. The minimum absolute atomic E-state index is 0.109. The van der Waals surface area contributed by atoms with Gasteiger partial charge in [0.2, 0.25) is 0 Å². The van der Waals surface area contributed by atoms with Gasteiger partial charge in [-0.3, -0.25) is 9.59 Å². The molecular weight excluding hydrogens is 288 g/mol.